The lowest BCUT2D eigenvalue weighted by atomic mass is 10.5. The molecule has 0 amide bonds. The van der Waals surface area contributed by atoms with Crippen molar-refractivity contribution in [3.63, 3.8) is 0 Å². The average molecular weight is 184 g/mol. The summed E-state index contributed by atoms with van der Waals surface area (Å²) in [5.74, 6) is 1.31. The maximum absolute atomic E-state index is 5.02. The van der Waals surface area contributed by atoms with E-state index < -0.39 is 0 Å². The van der Waals surface area contributed by atoms with Gasteiger partial charge < -0.3 is 14.7 Å². The van der Waals surface area contributed by atoms with Crippen molar-refractivity contribution in [3.8, 4) is 0 Å². The Morgan fingerprint density at radius 1 is 1.38 bits per heavy atom. The fourth-order valence-corrected chi connectivity index (χ4v) is 1.10. The lowest BCUT2D eigenvalue weighted by Crippen LogP contribution is -2.23. The average Bonchev–Trinajstić information content (AvgIpc) is 2.56. The minimum absolute atomic E-state index is 0.619. The highest BCUT2D eigenvalue weighted by Crippen LogP contribution is 2.07. The van der Waals surface area contributed by atoms with Gasteiger partial charge in [0.1, 0.15) is 0 Å². The molecule has 5 nitrogen and oxygen atoms in total. The van der Waals surface area contributed by atoms with Crippen molar-refractivity contribution in [2.24, 2.45) is 0 Å². The first-order valence-corrected chi connectivity index (χ1v) is 4.53. The molecule has 0 radical (unpaired) electrons. The van der Waals surface area contributed by atoms with E-state index in [2.05, 4.69) is 29.3 Å². The lowest BCUT2D eigenvalue weighted by Gasteiger charge is -2.14. The molecule has 1 aromatic rings. The number of hydrogen-bond donors (Lipinski definition) is 1. The van der Waals surface area contributed by atoms with Crippen LogP contribution in [0.4, 0.5) is 5.95 Å². The molecule has 1 rings (SSSR count). The third-order valence-corrected chi connectivity index (χ3v) is 1.83. The second-order valence-corrected chi connectivity index (χ2v) is 2.69. The van der Waals surface area contributed by atoms with Gasteiger partial charge in [0.2, 0.25) is 5.89 Å². The van der Waals surface area contributed by atoms with E-state index in [1.54, 1.807) is 0 Å². The molecule has 0 saturated carbocycles. The highest BCUT2D eigenvalue weighted by Gasteiger charge is 2.09. The number of hydrogen-bond acceptors (Lipinski definition) is 5. The summed E-state index contributed by atoms with van der Waals surface area (Å²) in [5.41, 5.74) is 0. The van der Waals surface area contributed by atoms with Crippen LogP contribution in [0.5, 0.6) is 0 Å². The van der Waals surface area contributed by atoms with Crippen LogP contribution in [0.25, 0.3) is 0 Å². The summed E-state index contributed by atoms with van der Waals surface area (Å²) in [6.45, 7) is 6.55. The maximum Gasteiger partial charge on any atom is 0.266 e. The fraction of sp³-hybridized carbons (Fsp3) is 0.750. The van der Waals surface area contributed by atoms with Crippen molar-refractivity contribution in [2.75, 3.05) is 25.0 Å². The summed E-state index contributed by atoms with van der Waals surface area (Å²) in [5, 5.41) is 6.83. The van der Waals surface area contributed by atoms with Crippen molar-refractivity contribution in [3.05, 3.63) is 5.89 Å². The van der Waals surface area contributed by atoms with Crippen LogP contribution in [0.1, 0.15) is 19.7 Å². The van der Waals surface area contributed by atoms with Crippen molar-refractivity contribution in [1.29, 1.82) is 0 Å². The van der Waals surface area contributed by atoms with Gasteiger partial charge in [-0.3, -0.25) is 0 Å². The van der Waals surface area contributed by atoms with Gasteiger partial charge in [0.05, 0.1) is 6.54 Å². The Morgan fingerprint density at radius 2 is 2.08 bits per heavy atom. The molecular formula is C8H16N4O. The molecule has 0 atom stereocenters. The van der Waals surface area contributed by atoms with Crippen molar-refractivity contribution in [1.82, 2.24) is 15.5 Å². The lowest BCUT2D eigenvalue weighted by molar-refractivity contribution is 0.371. The largest absolute Gasteiger partial charge is 0.339 e. The Balaban J connectivity index is 2.66. The maximum atomic E-state index is 5.02. The molecule has 0 fully saturated rings. The molecular weight excluding hydrogens is 168 g/mol. The van der Waals surface area contributed by atoms with Crippen LogP contribution in [0.15, 0.2) is 4.52 Å². The predicted molar refractivity (Wildman–Crippen MR) is 50.6 cm³/mol. The van der Waals surface area contributed by atoms with Crippen molar-refractivity contribution >= 4 is 5.95 Å². The molecule has 13 heavy (non-hydrogen) atoms. The van der Waals surface area contributed by atoms with Gasteiger partial charge in [-0.15, -0.1) is 0 Å². The van der Waals surface area contributed by atoms with E-state index in [0.29, 0.717) is 18.4 Å². The third kappa shape index (κ3) is 2.42. The van der Waals surface area contributed by atoms with E-state index in [0.717, 1.165) is 13.1 Å². The first kappa shape index (κ1) is 9.98. The highest BCUT2D eigenvalue weighted by atomic mass is 16.5. The number of anilines is 1. The minimum Gasteiger partial charge on any atom is -0.339 e. The first-order valence-electron chi connectivity index (χ1n) is 4.53. The SMILES string of the molecule is CCN(CC)c1noc(CNC)n1. The number of nitrogens with zero attached hydrogens (tertiary/aromatic N) is 3. The molecule has 0 saturated heterocycles. The molecule has 0 aliphatic rings. The van der Waals surface area contributed by atoms with Crippen molar-refractivity contribution < 1.29 is 4.52 Å². The van der Waals surface area contributed by atoms with Gasteiger partial charge in [0.15, 0.2) is 0 Å². The van der Waals surface area contributed by atoms with Crippen LogP contribution in [0.3, 0.4) is 0 Å². The Morgan fingerprint density at radius 3 is 2.62 bits per heavy atom. The number of rotatable bonds is 5. The van der Waals surface area contributed by atoms with Gasteiger partial charge in [-0.05, 0) is 26.1 Å². The summed E-state index contributed by atoms with van der Waals surface area (Å²) >= 11 is 0. The third-order valence-electron chi connectivity index (χ3n) is 1.83. The molecule has 5 heteroatoms. The zero-order valence-corrected chi connectivity index (χ0v) is 8.37. The Hall–Kier alpha value is -1.10. The molecule has 74 valence electrons. The van der Waals surface area contributed by atoms with Gasteiger partial charge in [-0.2, -0.15) is 4.98 Å². The van der Waals surface area contributed by atoms with Crippen LogP contribution < -0.4 is 10.2 Å². The highest BCUT2D eigenvalue weighted by molar-refractivity contribution is 5.26. The minimum atomic E-state index is 0.619. The number of nitrogens with one attached hydrogen (secondary N) is 1. The van der Waals surface area contributed by atoms with Crippen LogP contribution in [0.2, 0.25) is 0 Å². The predicted octanol–water partition coefficient (Wildman–Crippen LogP) is 0.635. The molecule has 0 aliphatic carbocycles. The molecule has 0 bridgehead atoms. The molecule has 0 spiro atoms. The zero-order valence-electron chi connectivity index (χ0n) is 8.37. The van der Waals surface area contributed by atoms with Crippen LogP contribution in [-0.2, 0) is 6.54 Å². The molecule has 0 aliphatic heterocycles. The standard InChI is InChI=1S/C8H16N4O/c1-4-12(5-2)8-10-7(6-9-3)13-11-8/h9H,4-6H2,1-3H3. The molecule has 0 unspecified atom stereocenters. The van der Waals surface area contributed by atoms with Gasteiger partial charge in [0.25, 0.3) is 5.95 Å². The molecule has 1 heterocycles. The molecule has 1 aromatic heterocycles. The quantitative estimate of drug-likeness (QED) is 0.727. The van der Waals surface area contributed by atoms with Crippen molar-refractivity contribution in [2.45, 2.75) is 20.4 Å². The van der Waals surface area contributed by atoms with E-state index >= 15 is 0 Å². The Bertz CT molecular complexity index is 244. The Kier molecular flexibility index (Phi) is 3.70. The Labute approximate surface area is 78.1 Å². The van der Waals surface area contributed by atoms with E-state index in [-0.39, 0.29) is 0 Å². The molecule has 0 aromatic carbocycles. The second-order valence-electron chi connectivity index (χ2n) is 2.69. The summed E-state index contributed by atoms with van der Waals surface area (Å²) in [4.78, 5) is 6.27. The zero-order chi connectivity index (χ0) is 9.68. The summed E-state index contributed by atoms with van der Waals surface area (Å²) in [6.07, 6.45) is 0. The topological polar surface area (TPSA) is 54.2 Å². The summed E-state index contributed by atoms with van der Waals surface area (Å²) in [7, 11) is 1.85. The van der Waals surface area contributed by atoms with E-state index in [1.807, 2.05) is 11.9 Å². The summed E-state index contributed by atoms with van der Waals surface area (Å²) < 4.78 is 5.02. The van der Waals surface area contributed by atoms with Crippen LogP contribution in [0, 0.1) is 0 Å². The monoisotopic (exact) mass is 184 g/mol. The smallest absolute Gasteiger partial charge is 0.266 e. The van der Waals surface area contributed by atoms with E-state index in [9.17, 15) is 0 Å². The van der Waals surface area contributed by atoms with Gasteiger partial charge in [0, 0.05) is 13.1 Å². The van der Waals surface area contributed by atoms with E-state index in [1.165, 1.54) is 0 Å². The van der Waals surface area contributed by atoms with E-state index in [4.69, 9.17) is 4.52 Å². The molecule has 1 N–H and O–H groups in total. The van der Waals surface area contributed by atoms with Crippen LogP contribution in [-0.4, -0.2) is 30.3 Å². The number of aromatic nitrogens is 2. The van der Waals surface area contributed by atoms with Gasteiger partial charge in [-0.1, -0.05) is 0 Å². The summed E-state index contributed by atoms with van der Waals surface area (Å²) in [6, 6.07) is 0. The van der Waals surface area contributed by atoms with Gasteiger partial charge in [-0.25, -0.2) is 0 Å². The van der Waals surface area contributed by atoms with Crippen LogP contribution >= 0.6 is 0 Å². The van der Waals surface area contributed by atoms with Gasteiger partial charge >= 0.3 is 0 Å². The first-order chi connectivity index (χ1) is 6.31. The second kappa shape index (κ2) is 4.81. The fourth-order valence-electron chi connectivity index (χ4n) is 1.10. The normalized spacial score (nSPS) is 10.4.